The van der Waals surface area contributed by atoms with E-state index in [2.05, 4.69) is 4.98 Å². The van der Waals surface area contributed by atoms with Crippen LogP contribution in [0.3, 0.4) is 0 Å². The van der Waals surface area contributed by atoms with Crippen LogP contribution in [0.15, 0.2) is 77.7 Å². The van der Waals surface area contributed by atoms with Crippen molar-refractivity contribution >= 4 is 37.5 Å². The fourth-order valence-electron chi connectivity index (χ4n) is 3.39. The van der Waals surface area contributed by atoms with Gasteiger partial charge < -0.3 is 4.74 Å². The van der Waals surface area contributed by atoms with Crippen LogP contribution in [0.1, 0.15) is 17.7 Å². The molecule has 1 aromatic heterocycles. The number of fused-ring (bicyclic) bond motifs is 3. The summed E-state index contributed by atoms with van der Waals surface area (Å²) >= 11 is 0. The normalized spacial score (nSPS) is 11.6. The summed E-state index contributed by atoms with van der Waals surface area (Å²) in [4.78, 5) is 17.1. The number of benzene rings is 3. The van der Waals surface area contributed by atoms with Crippen molar-refractivity contribution in [3.05, 3.63) is 84.1 Å². The molecule has 0 fully saturated rings. The van der Waals surface area contributed by atoms with Crippen molar-refractivity contribution in [3.63, 3.8) is 0 Å². The monoisotopic (exact) mass is 419 g/mol. The molecule has 0 radical (unpaired) electrons. The summed E-state index contributed by atoms with van der Waals surface area (Å²) in [5, 5.41) is 2.99. The van der Waals surface area contributed by atoms with E-state index < -0.39 is 15.8 Å². The average Bonchev–Trinajstić information content (AvgIpc) is 2.76. The summed E-state index contributed by atoms with van der Waals surface area (Å²) in [6.45, 7) is 1.88. The van der Waals surface area contributed by atoms with Gasteiger partial charge in [-0.25, -0.2) is 13.4 Å². The maximum atomic E-state index is 12.4. The van der Waals surface area contributed by atoms with Crippen molar-refractivity contribution in [3.8, 4) is 0 Å². The van der Waals surface area contributed by atoms with Crippen molar-refractivity contribution in [1.29, 1.82) is 0 Å². The van der Waals surface area contributed by atoms with E-state index in [0.29, 0.717) is 5.69 Å². The molecule has 30 heavy (non-hydrogen) atoms. The van der Waals surface area contributed by atoms with Gasteiger partial charge in [0.05, 0.1) is 28.3 Å². The largest absolute Gasteiger partial charge is 0.459 e. The number of ether oxygens (including phenoxy) is 1. The second-order valence-corrected chi connectivity index (χ2v) is 9.27. The van der Waals surface area contributed by atoms with Gasteiger partial charge in [-0.15, -0.1) is 0 Å². The molecule has 0 N–H and O–H groups in total. The maximum absolute atomic E-state index is 12.4. The molecule has 5 nitrogen and oxygen atoms in total. The summed E-state index contributed by atoms with van der Waals surface area (Å²) in [6.07, 6.45) is -0.207. The van der Waals surface area contributed by atoms with Gasteiger partial charge in [-0.1, -0.05) is 60.2 Å². The zero-order chi connectivity index (χ0) is 21.1. The smallest absolute Gasteiger partial charge is 0.307 e. The first-order valence-electron chi connectivity index (χ1n) is 9.65. The summed E-state index contributed by atoms with van der Waals surface area (Å²) in [5.74, 6) is -0.856. The zero-order valence-electron chi connectivity index (χ0n) is 16.5. The predicted octanol–water partition coefficient (Wildman–Crippen LogP) is 4.60. The molecule has 3 aromatic carbocycles. The molecule has 4 aromatic rings. The lowest BCUT2D eigenvalue weighted by molar-refractivity contribution is -0.144. The lowest BCUT2D eigenvalue weighted by Crippen LogP contribution is -2.14. The van der Waals surface area contributed by atoms with Crippen LogP contribution < -0.4 is 0 Å². The highest BCUT2D eigenvalue weighted by Crippen LogP contribution is 2.26. The number of aromatic nitrogens is 1. The number of nitrogens with zero attached hydrogens (tertiary/aromatic N) is 1. The number of hydrogen-bond donors (Lipinski definition) is 0. The molecule has 1 heterocycles. The van der Waals surface area contributed by atoms with Crippen molar-refractivity contribution in [2.45, 2.75) is 24.8 Å². The Bertz CT molecular complexity index is 1330. The van der Waals surface area contributed by atoms with Gasteiger partial charge in [-0.2, -0.15) is 0 Å². The lowest BCUT2D eigenvalue weighted by atomic mass is 10.0. The maximum Gasteiger partial charge on any atom is 0.307 e. The number of carbonyl (C=O) groups is 1. The number of hydrogen-bond acceptors (Lipinski definition) is 5. The van der Waals surface area contributed by atoms with Crippen LogP contribution in [0.2, 0.25) is 0 Å². The first-order chi connectivity index (χ1) is 14.4. The van der Waals surface area contributed by atoms with Crippen LogP contribution >= 0.6 is 0 Å². The third-order valence-electron chi connectivity index (χ3n) is 5.01. The SMILES string of the molecule is Cc1ccc(S(=O)(=O)CCC(=O)OCc2nc3ccccc3c3ccccc23)cc1. The first kappa shape index (κ1) is 20.0. The quantitative estimate of drug-likeness (QED) is 0.337. The number of rotatable bonds is 6. The van der Waals surface area contributed by atoms with Gasteiger partial charge in [0.15, 0.2) is 9.84 Å². The van der Waals surface area contributed by atoms with Crippen LogP contribution in [0.4, 0.5) is 0 Å². The Hall–Kier alpha value is -3.25. The highest BCUT2D eigenvalue weighted by atomic mass is 32.2. The number of aryl methyl sites for hydroxylation is 1. The van der Waals surface area contributed by atoms with Gasteiger partial charge in [0.1, 0.15) is 6.61 Å². The van der Waals surface area contributed by atoms with Crippen LogP contribution in [-0.2, 0) is 26.0 Å². The molecule has 0 saturated carbocycles. The van der Waals surface area contributed by atoms with E-state index in [1.54, 1.807) is 24.3 Å². The van der Waals surface area contributed by atoms with Gasteiger partial charge in [0.25, 0.3) is 0 Å². The Balaban J connectivity index is 1.47. The minimum atomic E-state index is -3.53. The van der Waals surface area contributed by atoms with Crippen LogP contribution in [0.25, 0.3) is 21.7 Å². The van der Waals surface area contributed by atoms with Gasteiger partial charge in [-0.05, 0) is 30.5 Å². The Morgan fingerprint density at radius 1 is 0.867 bits per heavy atom. The van der Waals surface area contributed by atoms with E-state index in [4.69, 9.17) is 4.74 Å². The van der Waals surface area contributed by atoms with Crippen molar-refractivity contribution in [2.24, 2.45) is 0 Å². The highest BCUT2D eigenvalue weighted by Gasteiger charge is 2.17. The van der Waals surface area contributed by atoms with E-state index in [1.165, 1.54) is 0 Å². The highest BCUT2D eigenvalue weighted by molar-refractivity contribution is 7.91. The van der Waals surface area contributed by atoms with E-state index in [9.17, 15) is 13.2 Å². The van der Waals surface area contributed by atoms with Crippen LogP contribution in [-0.4, -0.2) is 25.1 Å². The molecule has 6 heteroatoms. The summed E-state index contributed by atoms with van der Waals surface area (Å²) < 4.78 is 30.2. The molecule has 4 rings (SSSR count). The third kappa shape index (κ3) is 4.19. The Morgan fingerprint density at radius 3 is 2.23 bits per heavy atom. The molecule has 0 aliphatic heterocycles. The molecular weight excluding hydrogens is 398 g/mol. The third-order valence-corrected chi connectivity index (χ3v) is 6.74. The van der Waals surface area contributed by atoms with E-state index in [1.807, 2.05) is 55.5 Å². The minimum Gasteiger partial charge on any atom is -0.459 e. The molecule has 0 unspecified atom stereocenters. The fourth-order valence-corrected chi connectivity index (χ4v) is 4.61. The molecule has 0 aliphatic rings. The molecule has 0 atom stereocenters. The van der Waals surface area contributed by atoms with Crippen LogP contribution in [0.5, 0.6) is 0 Å². The molecule has 0 aliphatic carbocycles. The first-order valence-corrected chi connectivity index (χ1v) is 11.3. The average molecular weight is 420 g/mol. The van der Waals surface area contributed by atoms with Crippen molar-refractivity contribution in [2.75, 3.05) is 5.75 Å². The van der Waals surface area contributed by atoms with Crippen molar-refractivity contribution < 1.29 is 17.9 Å². The Labute approximate surface area is 175 Å². The summed E-state index contributed by atoms with van der Waals surface area (Å²) in [7, 11) is -3.53. The second-order valence-electron chi connectivity index (χ2n) is 7.16. The van der Waals surface area contributed by atoms with Gasteiger partial charge >= 0.3 is 5.97 Å². The molecule has 0 amide bonds. The summed E-state index contributed by atoms with van der Waals surface area (Å²) in [6, 6.07) is 22.2. The Morgan fingerprint density at radius 2 is 1.50 bits per heavy atom. The second kappa shape index (κ2) is 8.24. The zero-order valence-corrected chi connectivity index (χ0v) is 17.4. The van der Waals surface area contributed by atoms with Gasteiger partial charge in [-0.3, -0.25) is 4.79 Å². The van der Waals surface area contributed by atoms with E-state index in [-0.39, 0.29) is 23.7 Å². The van der Waals surface area contributed by atoms with E-state index in [0.717, 1.165) is 27.2 Å². The predicted molar refractivity (Wildman–Crippen MR) is 117 cm³/mol. The topological polar surface area (TPSA) is 73.3 Å². The van der Waals surface area contributed by atoms with Gasteiger partial charge in [0, 0.05) is 10.8 Å². The minimum absolute atomic E-state index is 0.00520. The number of esters is 1. The number of sulfone groups is 1. The number of carbonyl (C=O) groups excluding carboxylic acids is 1. The van der Waals surface area contributed by atoms with Gasteiger partial charge in [0.2, 0.25) is 0 Å². The molecule has 0 bridgehead atoms. The molecule has 152 valence electrons. The molecule has 0 spiro atoms. The molecular formula is C24H21NO4S. The van der Waals surface area contributed by atoms with E-state index >= 15 is 0 Å². The number of para-hydroxylation sites is 1. The molecule has 0 saturated heterocycles. The van der Waals surface area contributed by atoms with Crippen LogP contribution in [0, 0.1) is 6.92 Å². The Kier molecular flexibility index (Phi) is 5.50. The van der Waals surface area contributed by atoms with Crippen molar-refractivity contribution in [1.82, 2.24) is 4.98 Å². The fraction of sp³-hybridized carbons (Fsp3) is 0.167. The summed E-state index contributed by atoms with van der Waals surface area (Å²) in [5.41, 5.74) is 2.45. The number of pyridine rings is 1. The standard InChI is InChI=1S/C24H21NO4S/c1-17-10-12-18(13-11-17)30(27,28)15-14-24(26)29-16-23-21-8-3-2-6-19(21)20-7-4-5-9-22(20)25-23/h2-13H,14-16H2,1H3. The lowest BCUT2D eigenvalue weighted by Gasteiger charge is -2.10.